The van der Waals surface area contributed by atoms with Gasteiger partial charge >= 0.3 is 6.18 Å². The van der Waals surface area contributed by atoms with Crippen LogP contribution in [0, 0.1) is 0 Å². The van der Waals surface area contributed by atoms with Gasteiger partial charge < -0.3 is 9.80 Å². The number of nitrogens with zero attached hydrogens (tertiary/aromatic N) is 2. The number of hydrogen-bond donors (Lipinski definition) is 0. The highest BCUT2D eigenvalue weighted by Crippen LogP contribution is 2.36. The fourth-order valence-electron chi connectivity index (χ4n) is 4.51. The van der Waals surface area contributed by atoms with E-state index in [1.54, 1.807) is 0 Å². The number of alkyl halides is 3. The topological polar surface area (TPSA) is 6.48 Å². The SMILES string of the molecule is CN1CCSCC1CN1CCC(=C(c2ccccc2)c2cccc(C(F)(F)F)c2)CC1. The van der Waals surface area contributed by atoms with Crippen LogP contribution in [0.15, 0.2) is 60.2 Å². The summed E-state index contributed by atoms with van der Waals surface area (Å²) in [6.45, 7) is 4.13. The molecule has 0 aromatic heterocycles. The molecule has 0 aliphatic carbocycles. The molecular formula is C25H29F3N2S. The van der Waals surface area contributed by atoms with Crippen molar-refractivity contribution in [3.63, 3.8) is 0 Å². The summed E-state index contributed by atoms with van der Waals surface area (Å²) >= 11 is 2.03. The molecule has 166 valence electrons. The van der Waals surface area contributed by atoms with Crippen molar-refractivity contribution in [1.29, 1.82) is 0 Å². The molecule has 0 radical (unpaired) electrons. The van der Waals surface area contributed by atoms with Crippen LogP contribution in [0.1, 0.15) is 29.5 Å². The van der Waals surface area contributed by atoms with Crippen molar-refractivity contribution in [2.75, 3.05) is 44.7 Å². The monoisotopic (exact) mass is 446 g/mol. The Hall–Kier alpha value is -1.76. The van der Waals surface area contributed by atoms with Crippen LogP contribution in [0.5, 0.6) is 0 Å². The van der Waals surface area contributed by atoms with Crippen molar-refractivity contribution in [2.24, 2.45) is 0 Å². The number of halogens is 3. The molecule has 1 atom stereocenters. The molecule has 2 heterocycles. The highest BCUT2D eigenvalue weighted by molar-refractivity contribution is 7.99. The third-order valence-corrected chi connectivity index (χ3v) is 7.44. The fraction of sp³-hybridized carbons (Fsp3) is 0.440. The van der Waals surface area contributed by atoms with Crippen molar-refractivity contribution in [3.8, 4) is 0 Å². The maximum Gasteiger partial charge on any atom is 0.416 e. The summed E-state index contributed by atoms with van der Waals surface area (Å²) in [5.41, 5.74) is 3.29. The summed E-state index contributed by atoms with van der Waals surface area (Å²) in [4.78, 5) is 4.98. The molecule has 2 saturated heterocycles. The quantitative estimate of drug-likeness (QED) is 0.599. The van der Waals surface area contributed by atoms with E-state index in [2.05, 4.69) is 16.8 Å². The van der Waals surface area contributed by atoms with Crippen molar-refractivity contribution < 1.29 is 13.2 Å². The average molecular weight is 447 g/mol. The lowest BCUT2D eigenvalue weighted by molar-refractivity contribution is -0.137. The van der Waals surface area contributed by atoms with Gasteiger partial charge in [-0.1, -0.05) is 48.0 Å². The number of likely N-dealkylation sites (tertiary alicyclic amines) is 1. The van der Waals surface area contributed by atoms with Gasteiger partial charge in [0.1, 0.15) is 0 Å². The average Bonchev–Trinajstić information content (AvgIpc) is 2.77. The van der Waals surface area contributed by atoms with E-state index in [1.807, 2.05) is 48.2 Å². The highest BCUT2D eigenvalue weighted by Gasteiger charge is 2.31. The van der Waals surface area contributed by atoms with Crippen LogP contribution < -0.4 is 0 Å². The van der Waals surface area contributed by atoms with Gasteiger partial charge in [-0.2, -0.15) is 24.9 Å². The first-order valence-corrected chi connectivity index (χ1v) is 12.0. The van der Waals surface area contributed by atoms with E-state index < -0.39 is 11.7 Å². The lowest BCUT2D eigenvalue weighted by atomic mass is 9.87. The van der Waals surface area contributed by atoms with Crippen molar-refractivity contribution >= 4 is 17.3 Å². The predicted molar refractivity (Wildman–Crippen MR) is 123 cm³/mol. The Kier molecular flexibility index (Phi) is 7.09. The normalized spacial score (nSPS) is 21.3. The summed E-state index contributed by atoms with van der Waals surface area (Å²) in [6.07, 6.45) is -2.55. The van der Waals surface area contributed by atoms with Gasteiger partial charge in [-0.3, -0.25) is 0 Å². The molecule has 1 unspecified atom stereocenters. The largest absolute Gasteiger partial charge is 0.416 e. The molecule has 0 bridgehead atoms. The molecule has 2 aromatic rings. The Morgan fingerprint density at radius 1 is 0.968 bits per heavy atom. The number of likely N-dealkylation sites (N-methyl/N-ethyl adjacent to an activating group) is 1. The van der Waals surface area contributed by atoms with Crippen LogP contribution in [0.2, 0.25) is 0 Å². The van der Waals surface area contributed by atoms with Gasteiger partial charge in [0.2, 0.25) is 0 Å². The van der Waals surface area contributed by atoms with Gasteiger partial charge in [0.15, 0.2) is 0 Å². The Bertz CT molecular complexity index is 900. The smallest absolute Gasteiger partial charge is 0.301 e. The van der Waals surface area contributed by atoms with Crippen LogP contribution in [-0.2, 0) is 6.18 Å². The number of thioether (sulfide) groups is 1. The van der Waals surface area contributed by atoms with Gasteiger partial charge in [-0.05, 0) is 48.7 Å². The molecule has 2 aliphatic rings. The summed E-state index contributed by atoms with van der Waals surface area (Å²) in [7, 11) is 2.21. The molecule has 2 aliphatic heterocycles. The summed E-state index contributed by atoms with van der Waals surface area (Å²) in [5, 5.41) is 0. The van der Waals surface area contributed by atoms with Crippen LogP contribution in [0.4, 0.5) is 13.2 Å². The molecule has 0 N–H and O–H groups in total. The summed E-state index contributed by atoms with van der Waals surface area (Å²) < 4.78 is 40.1. The lowest BCUT2D eigenvalue weighted by Crippen LogP contribution is -2.48. The second-order valence-electron chi connectivity index (χ2n) is 8.43. The summed E-state index contributed by atoms with van der Waals surface area (Å²) in [5.74, 6) is 2.38. The fourth-order valence-corrected chi connectivity index (χ4v) is 5.73. The van der Waals surface area contributed by atoms with E-state index in [-0.39, 0.29) is 0 Å². The first-order chi connectivity index (χ1) is 14.9. The number of benzene rings is 2. The molecule has 31 heavy (non-hydrogen) atoms. The van der Waals surface area contributed by atoms with Gasteiger partial charge in [0, 0.05) is 43.7 Å². The van der Waals surface area contributed by atoms with E-state index in [1.165, 1.54) is 29.2 Å². The number of rotatable bonds is 4. The second-order valence-corrected chi connectivity index (χ2v) is 9.58. The summed E-state index contributed by atoms with van der Waals surface area (Å²) in [6, 6.07) is 16.2. The highest BCUT2D eigenvalue weighted by atomic mass is 32.2. The Balaban J connectivity index is 1.58. The zero-order valence-corrected chi connectivity index (χ0v) is 18.7. The lowest BCUT2D eigenvalue weighted by Gasteiger charge is -2.38. The first-order valence-electron chi connectivity index (χ1n) is 10.9. The molecule has 0 amide bonds. The van der Waals surface area contributed by atoms with E-state index in [9.17, 15) is 13.2 Å². The molecule has 2 fully saturated rings. The molecule has 6 heteroatoms. The molecule has 2 aromatic carbocycles. The van der Waals surface area contributed by atoms with Gasteiger partial charge in [0.05, 0.1) is 5.56 Å². The molecule has 0 spiro atoms. The van der Waals surface area contributed by atoms with Crippen LogP contribution in [-0.4, -0.2) is 60.6 Å². The second kappa shape index (κ2) is 9.80. The van der Waals surface area contributed by atoms with Crippen LogP contribution >= 0.6 is 11.8 Å². The molecule has 4 rings (SSSR count). The Morgan fingerprint density at radius 3 is 2.35 bits per heavy atom. The van der Waals surface area contributed by atoms with E-state index >= 15 is 0 Å². The van der Waals surface area contributed by atoms with E-state index in [0.717, 1.165) is 56.2 Å². The number of piperidine rings is 1. The third-order valence-electron chi connectivity index (χ3n) is 6.35. The van der Waals surface area contributed by atoms with Crippen molar-refractivity contribution in [1.82, 2.24) is 9.80 Å². The molecule has 0 saturated carbocycles. The maximum atomic E-state index is 13.4. The van der Waals surface area contributed by atoms with Crippen LogP contribution in [0.25, 0.3) is 5.57 Å². The zero-order chi connectivity index (χ0) is 21.8. The van der Waals surface area contributed by atoms with E-state index in [4.69, 9.17) is 0 Å². The van der Waals surface area contributed by atoms with Gasteiger partial charge in [-0.25, -0.2) is 0 Å². The van der Waals surface area contributed by atoms with Gasteiger partial charge in [-0.15, -0.1) is 0 Å². The minimum absolute atomic E-state index is 0.585. The van der Waals surface area contributed by atoms with Crippen molar-refractivity contribution in [3.05, 3.63) is 76.9 Å². The minimum atomic E-state index is -4.34. The van der Waals surface area contributed by atoms with Gasteiger partial charge in [0.25, 0.3) is 0 Å². The predicted octanol–water partition coefficient (Wildman–Crippen LogP) is 5.65. The molecular weight excluding hydrogens is 417 g/mol. The zero-order valence-electron chi connectivity index (χ0n) is 17.9. The number of hydrogen-bond acceptors (Lipinski definition) is 3. The van der Waals surface area contributed by atoms with E-state index in [0.29, 0.717) is 11.6 Å². The standard InChI is InChI=1S/C25H29F3N2S/c1-29-14-15-31-18-23(29)17-30-12-10-20(11-13-30)24(19-6-3-2-4-7-19)21-8-5-9-22(16-21)25(26,27)28/h2-9,16,23H,10-15,17-18H2,1H3. The van der Waals surface area contributed by atoms with Crippen LogP contribution in [0.3, 0.4) is 0 Å². The first kappa shape index (κ1) is 22.4. The Labute approximate surface area is 187 Å². The minimum Gasteiger partial charge on any atom is -0.301 e. The maximum absolute atomic E-state index is 13.4. The van der Waals surface area contributed by atoms with Crippen molar-refractivity contribution in [2.45, 2.75) is 25.1 Å². The molecule has 2 nitrogen and oxygen atoms in total. The third kappa shape index (κ3) is 5.54. The Morgan fingerprint density at radius 2 is 1.68 bits per heavy atom.